The van der Waals surface area contributed by atoms with E-state index >= 15 is 0 Å². The maximum Gasteiger partial charge on any atom is 0.407 e. The van der Waals surface area contributed by atoms with E-state index in [0.717, 1.165) is 23.3 Å². The van der Waals surface area contributed by atoms with E-state index in [9.17, 15) is 9.59 Å². The zero-order chi connectivity index (χ0) is 16.5. The topological polar surface area (TPSA) is 67.4 Å². The molecule has 0 aromatic carbocycles. The largest absolute Gasteiger partial charge is 0.450 e. The molecule has 1 rings (SSSR count). The predicted octanol–water partition coefficient (Wildman–Crippen LogP) is 3.20. The minimum Gasteiger partial charge on any atom is -0.450 e. The molecule has 0 radical (unpaired) electrons. The Bertz CT molecular complexity index is 485. The summed E-state index contributed by atoms with van der Waals surface area (Å²) in [7, 11) is 0. The van der Waals surface area contributed by atoms with E-state index in [1.165, 1.54) is 11.3 Å². The summed E-state index contributed by atoms with van der Waals surface area (Å²) in [6.07, 6.45) is 1.18. The fourth-order valence-corrected chi connectivity index (χ4v) is 3.12. The highest BCUT2D eigenvalue weighted by Gasteiger charge is 2.17. The second-order valence-electron chi connectivity index (χ2n) is 5.53. The molecular weight excluding hydrogens is 300 g/mol. The van der Waals surface area contributed by atoms with Crippen LogP contribution in [0.5, 0.6) is 0 Å². The Morgan fingerprint density at radius 2 is 2.05 bits per heavy atom. The lowest BCUT2D eigenvalue weighted by Gasteiger charge is -2.20. The summed E-state index contributed by atoms with van der Waals surface area (Å²) in [6, 6.07) is 1.84. The van der Waals surface area contributed by atoms with Gasteiger partial charge < -0.3 is 15.4 Å². The Morgan fingerprint density at radius 3 is 2.64 bits per heavy atom. The summed E-state index contributed by atoms with van der Waals surface area (Å²) in [4.78, 5) is 24.6. The van der Waals surface area contributed by atoms with Crippen molar-refractivity contribution in [2.45, 2.75) is 46.6 Å². The average molecular weight is 326 g/mol. The summed E-state index contributed by atoms with van der Waals surface area (Å²) in [5.74, 6) is 0.336. The SMILES string of the molecule is CCOC(=O)NC(CNC(=O)c1sccc1CC)CC(C)C. The van der Waals surface area contributed by atoms with E-state index in [2.05, 4.69) is 24.5 Å². The fourth-order valence-electron chi connectivity index (χ4n) is 2.21. The first kappa shape index (κ1) is 18.5. The molecule has 22 heavy (non-hydrogen) atoms. The van der Waals surface area contributed by atoms with Crippen LogP contribution in [0.1, 0.15) is 49.4 Å². The molecule has 5 nitrogen and oxygen atoms in total. The quantitative estimate of drug-likeness (QED) is 0.771. The highest BCUT2D eigenvalue weighted by Crippen LogP contribution is 2.17. The van der Waals surface area contributed by atoms with Gasteiger partial charge in [-0.2, -0.15) is 0 Å². The third kappa shape index (κ3) is 6.05. The molecule has 0 spiro atoms. The molecule has 2 amide bonds. The van der Waals surface area contributed by atoms with Crippen molar-refractivity contribution < 1.29 is 14.3 Å². The zero-order valence-electron chi connectivity index (χ0n) is 13.8. The number of aryl methyl sites for hydroxylation is 1. The number of nitrogens with one attached hydrogen (secondary N) is 2. The average Bonchev–Trinajstić information content (AvgIpc) is 2.92. The lowest BCUT2D eigenvalue weighted by molar-refractivity contribution is 0.0947. The van der Waals surface area contributed by atoms with Crippen LogP contribution < -0.4 is 10.6 Å². The number of rotatable bonds is 8. The first-order valence-corrected chi connectivity index (χ1v) is 8.63. The van der Waals surface area contributed by atoms with Gasteiger partial charge in [0.2, 0.25) is 0 Å². The van der Waals surface area contributed by atoms with Crippen LogP contribution in [0, 0.1) is 5.92 Å². The highest BCUT2D eigenvalue weighted by atomic mass is 32.1. The van der Waals surface area contributed by atoms with Gasteiger partial charge in [-0.25, -0.2) is 4.79 Å². The molecule has 2 N–H and O–H groups in total. The number of hydrogen-bond donors (Lipinski definition) is 2. The summed E-state index contributed by atoms with van der Waals surface area (Å²) in [5, 5.41) is 7.65. The van der Waals surface area contributed by atoms with Gasteiger partial charge in [0.15, 0.2) is 0 Å². The van der Waals surface area contributed by atoms with Gasteiger partial charge in [0.25, 0.3) is 5.91 Å². The predicted molar refractivity (Wildman–Crippen MR) is 89.4 cm³/mol. The number of ether oxygens (including phenoxy) is 1. The monoisotopic (exact) mass is 326 g/mol. The third-order valence-corrected chi connectivity index (χ3v) is 4.15. The fraction of sp³-hybridized carbons (Fsp3) is 0.625. The van der Waals surface area contributed by atoms with E-state index < -0.39 is 6.09 Å². The minimum atomic E-state index is -0.437. The Morgan fingerprint density at radius 1 is 1.32 bits per heavy atom. The zero-order valence-corrected chi connectivity index (χ0v) is 14.6. The summed E-state index contributed by atoms with van der Waals surface area (Å²) < 4.78 is 4.91. The van der Waals surface area contributed by atoms with Crippen LogP contribution >= 0.6 is 11.3 Å². The second kappa shape index (κ2) is 9.46. The standard InChI is InChI=1S/C16H26N2O3S/c1-5-12-7-8-22-14(12)15(19)17-10-13(9-11(3)4)18-16(20)21-6-2/h7-8,11,13H,5-6,9-10H2,1-4H3,(H,17,19)(H,18,20). The van der Waals surface area contributed by atoms with E-state index in [4.69, 9.17) is 4.74 Å². The molecule has 0 saturated heterocycles. The van der Waals surface area contributed by atoms with Crippen molar-refractivity contribution in [3.05, 3.63) is 21.9 Å². The highest BCUT2D eigenvalue weighted by molar-refractivity contribution is 7.12. The lowest BCUT2D eigenvalue weighted by Crippen LogP contribution is -2.44. The van der Waals surface area contributed by atoms with E-state index in [0.29, 0.717) is 19.1 Å². The van der Waals surface area contributed by atoms with Crippen LogP contribution in [0.3, 0.4) is 0 Å². The third-order valence-electron chi connectivity index (χ3n) is 3.20. The molecule has 1 atom stereocenters. The molecule has 0 aliphatic rings. The Hall–Kier alpha value is -1.56. The number of carbonyl (C=O) groups excluding carboxylic acids is 2. The Kier molecular flexibility index (Phi) is 7.95. The van der Waals surface area contributed by atoms with Crippen molar-refractivity contribution in [3.8, 4) is 0 Å². The van der Waals surface area contributed by atoms with Gasteiger partial charge in [-0.05, 0) is 42.7 Å². The van der Waals surface area contributed by atoms with Gasteiger partial charge in [0.1, 0.15) is 0 Å². The molecular formula is C16H26N2O3S. The van der Waals surface area contributed by atoms with Gasteiger partial charge in [-0.1, -0.05) is 20.8 Å². The summed E-state index contributed by atoms with van der Waals surface area (Å²) in [6.45, 7) is 8.69. The maximum atomic E-state index is 12.2. The van der Waals surface area contributed by atoms with Crippen LogP contribution in [0.15, 0.2) is 11.4 Å². The maximum absolute atomic E-state index is 12.2. The van der Waals surface area contributed by atoms with Gasteiger partial charge in [-0.3, -0.25) is 4.79 Å². The van der Waals surface area contributed by atoms with Crippen LogP contribution in [-0.2, 0) is 11.2 Å². The van der Waals surface area contributed by atoms with Crippen LogP contribution in [-0.4, -0.2) is 31.2 Å². The second-order valence-corrected chi connectivity index (χ2v) is 6.45. The molecule has 0 aliphatic heterocycles. The molecule has 0 bridgehead atoms. The molecule has 0 aliphatic carbocycles. The Labute approximate surface area is 136 Å². The minimum absolute atomic E-state index is 0.0775. The van der Waals surface area contributed by atoms with Crippen molar-refractivity contribution >= 4 is 23.3 Å². The van der Waals surface area contributed by atoms with Gasteiger partial charge in [0, 0.05) is 12.6 Å². The normalized spacial score (nSPS) is 12.0. The lowest BCUT2D eigenvalue weighted by atomic mass is 10.0. The Balaban J connectivity index is 2.58. The van der Waals surface area contributed by atoms with E-state index in [-0.39, 0.29) is 11.9 Å². The molecule has 6 heteroatoms. The van der Waals surface area contributed by atoms with Crippen molar-refractivity contribution in [2.24, 2.45) is 5.92 Å². The molecule has 0 saturated carbocycles. The number of amides is 2. The summed E-state index contributed by atoms with van der Waals surface area (Å²) in [5.41, 5.74) is 1.06. The molecule has 1 aromatic rings. The van der Waals surface area contributed by atoms with Crippen molar-refractivity contribution in [3.63, 3.8) is 0 Å². The van der Waals surface area contributed by atoms with Gasteiger partial charge >= 0.3 is 6.09 Å². The van der Waals surface area contributed by atoms with E-state index in [1.807, 2.05) is 18.4 Å². The molecule has 1 aromatic heterocycles. The van der Waals surface area contributed by atoms with Crippen molar-refractivity contribution in [2.75, 3.05) is 13.2 Å². The molecule has 1 unspecified atom stereocenters. The van der Waals surface area contributed by atoms with Crippen LogP contribution in [0.25, 0.3) is 0 Å². The first-order valence-electron chi connectivity index (χ1n) is 7.75. The molecule has 1 heterocycles. The molecule has 0 fully saturated rings. The summed E-state index contributed by atoms with van der Waals surface area (Å²) >= 11 is 1.45. The van der Waals surface area contributed by atoms with Crippen LogP contribution in [0.2, 0.25) is 0 Å². The number of hydrogen-bond acceptors (Lipinski definition) is 4. The van der Waals surface area contributed by atoms with Crippen molar-refractivity contribution in [1.29, 1.82) is 0 Å². The smallest absolute Gasteiger partial charge is 0.407 e. The van der Waals surface area contributed by atoms with Crippen LogP contribution in [0.4, 0.5) is 4.79 Å². The first-order chi connectivity index (χ1) is 10.5. The molecule has 124 valence electrons. The number of thiophene rings is 1. The van der Waals surface area contributed by atoms with E-state index in [1.54, 1.807) is 6.92 Å². The number of carbonyl (C=O) groups is 2. The van der Waals surface area contributed by atoms with Gasteiger partial charge in [-0.15, -0.1) is 11.3 Å². The van der Waals surface area contributed by atoms with Crippen molar-refractivity contribution in [1.82, 2.24) is 10.6 Å². The number of alkyl carbamates (subject to hydrolysis) is 1. The van der Waals surface area contributed by atoms with Gasteiger partial charge in [0.05, 0.1) is 11.5 Å².